The maximum absolute atomic E-state index is 11.8. The molecule has 0 aliphatic heterocycles. The van der Waals surface area contributed by atoms with Gasteiger partial charge in [0.2, 0.25) is 0 Å². The SMILES string of the molecule is CCOC(=O)c1cnn(C)c1Cn1cc(Br)cn1. The molecule has 0 unspecified atom stereocenters. The van der Waals surface area contributed by atoms with E-state index in [0.717, 1.165) is 10.2 Å². The van der Waals surface area contributed by atoms with Gasteiger partial charge in [0, 0.05) is 13.2 Å². The van der Waals surface area contributed by atoms with Crippen molar-refractivity contribution < 1.29 is 9.53 Å². The number of ether oxygens (including phenoxy) is 1. The Bertz CT molecular complexity index is 561. The summed E-state index contributed by atoms with van der Waals surface area (Å²) in [4.78, 5) is 11.8. The lowest BCUT2D eigenvalue weighted by atomic mass is 10.2. The van der Waals surface area contributed by atoms with E-state index in [2.05, 4.69) is 26.1 Å². The smallest absolute Gasteiger partial charge is 0.341 e. The van der Waals surface area contributed by atoms with Crippen LogP contribution in [0.25, 0.3) is 0 Å². The van der Waals surface area contributed by atoms with E-state index in [4.69, 9.17) is 4.74 Å². The average molecular weight is 313 g/mol. The minimum atomic E-state index is -0.355. The predicted molar refractivity (Wildman–Crippen MR) is 68.2 cm³/mol. The molecule has 0 saturated heterocycles. The lowest BCUT2D eigenvalue weighted by molar-refractivity contribution is 0.0524. The third kappa shape index (κ3) is 2.61. The molecule has 2 aromatic rings. The van der Waals surface area contributed by atoms with Crippen LogP contribution < -0.4 is 0 Å². The van der Waals surface area contributed by atoms with E-state index >= 15 is 0 Å². The summed E-state index contributed by atoms with van der Waals surface area (Å²) < 4.78 is 9.27. The molecule has 0 bridgehead atoms. The zero-order valence-electron chi connectivity index (χ0n) is 10.1. The Hall–Kier alpha value is -1.63. The molecule has 0 spiro atoms. The largest absolute Gasteiger partial charge is 0.462 e. The Morgan fingerprint density at radius 2 is 2.22 bits per heavy atom. The number of hydrogen-bond donors (Lipinski definition) is 0. The van der Waals surface area contributed by atoms with Gasteiger partial charge in [-0.2, -0.15) is 10.2 Å². The number of aromatic nitrogens is 4. The highest BCUT2D eigenvalue weighted by atomic mass is 79.9. The first kappa shape index (κ1) is 12.8. The van der Waals surface area contributed by atoms with Gasteiger partial charge in [-0.3, -0.25) is 9.36 Å². The van der Waals surface area contributed by atoms with Crippen LogP contribution in [0.3, 0.4) is 0 Å². The zero-order chi connectivity index (χ0) is 13.1. The van der Waals surface area contributed by atoms with Gasteiger partial charge in [-0.15, -0.1) is 0 Å². The molecule has 2 aromatic heterocycles. The molecule has 0 atom stereocenters. The number of esters is 1. The Morgan fingerprint density at radius 1 is 1.44 bits per heavy atom. The number of hydrogen-bond acceptors (Lipinski definition) is 4. The van der Waals surface area contributed by atoms with Gasteiger partial charge < -0.3 is 4.74 Å². The van der Waals surface area contributed by atoms with Gasteiger partial charge in [0.05, 0.1) is 35.7 Å². The molecule has 0 aliphatic rings. The lowest BCUT2D eigenvalue weighted by Gasteiger charge is -2.06. The standard InChI is InChI=1S/C11H13BrN4O2/c1-3-18-11(17)9-5-13-15(2)10(9)7-16-6-8(12)4-14-16/h4-6H,3,7H2,1-2H3. The van der Waals surface area contributed by atoms with Crippen molar-refractivity contribution in [3.05, 3.63) is 34.3 Å². The van der Waals surface area contributed by atoms with Crippen LogP contribution in [0.15, 0.2) is 23.1 Å². The summed E-state index contributed by atoms with van der Waals surface area (Å²) in [7, 11) is 1.79. The van der Waals surface area contributed by atoms with Crippen LogP contribution in [0.2, 0.25) is 0 Å². The molecular weight excluding hydrogens is 300 g/mol. The predicted octanol–water partition coefficient (Wildman–Crippen LogP) is 1.60. The summed E-state index contributed by atoms with van der Waals surface area (Å²) in [5.74, 6) is -0.355. The van der Waals surface area contributed by atoms with Crippen molar-refractivity contribution in [1.29, 1.82) is 0 Å². The van der Waals surface area contributed by atoms with Crippen LogP contribution in [0.4, 0.5) is 0 Å². The van der Waals surface area contributed by atoms with Crippen molar-refractivity contribution in [2.45, 2.75) is 13.5 Å². The van der Waals surface area contributed by atoms with E-state index in [9.17, 15) is 4.79 Å². The molecule has 0 saturated carbocycles. The minimum Gasteiger partial charge on any atom is -0.462 e. The summed E-state index contributed by atoms with van der Waals surface area (Å²) in [6, 6.07) is 0. The highest BCUT2D eigenvalue weighted by Crippen LogP contribution is 2.13. The number of nitrogens with zero attached hydrogens (tertiary/aromatic N) is 4. The van der Waals surface area contributed by atoms with Gasteiger partial charge in [-0.25, -0.2) is 4.79 Å². The third-order valence-corrected chi connectivity index (χ3v) is 2.88. The first-order valence-corrected chi connectivity index (χ1v) is 6.27. The van der Waals surface area contributed by atoms with Gasteiger partial charge in [0.1, 0.15) is 5.56 Å². The van der Waals surface area contributed by atoms with Crippen molar-refractivity contribution in [3.63, 3.8) is 0 Å². The van der Waals surface area contributed by atoms with Gasteiger partial charge in [0.15, 0.2) is 0 Å². The number of rotatable bonds is 4. The highest BCUT2D eigenvalue weighted by molar-refractivity contribution is 9.10. The third-order valence-electron chi connectivity index (χ3n) is 2.47. The highest BCUT2D eigenvalue weighted by Gasteiger charge is 2.17. The topological polar surface area (TPSA) is 61.9 Å². The van der Waals surface area contributed by atoms with Crippen LogP contribution in [-0.2, 0) is 18.3 Å². The molecular formula is C11H13BrN4O2. The fraction of sp³-hybridized carbons (Fsp3) is 0.364. The quantitative estimate of drug-likeness (QED) is 0.805. The van der Waals surface area contributed by atoms with Gasteiger partial charge in [-0.05, 0) is 22.9 Å². The second-order valence-electron chi connectivity index (χ2n) is 3.71. The van der Waals surface area contributed by atoms with E-state index in [1.165, 1.54) is 6.20 Å². The molecule has 2 rings (SSSR count). The second-order valence-corrected chi connectivity index (χ2v) is 4.62. The Balaban J connectivity index is 2.26. The molecule has 0 radical (unpaired) electrons. The first-order chi connectivity index (χ1) is 8.61. The number of carbonyl (C=O) groups excluding carboxylic acids is 1. The van der Waals surface area contributed by atoms with Crippen LogP contribution in [0, 0.1) is 0 Å². The van der Waals surface area contributed by atoms with E-state index in [0.29, 0.717) is 18.7 Å². The number of aryl methyl sites for hydroxylation is 1. The maximum atomic E-state index is 11.8. The molecule has 0 fully saturated rings. The van der Waals surface area contributed by atoms with Crippen molar-refractivity contribution >= 4 is 21.9 Å². The molecule has 6 nitrogen and oxygen atoms in total. The van der Waals surface area contributed by atoms with E-state index in [1.807, 2.05) is 6.20 Å². The van der Waals surface area contributed by atoms with Crippen LogP contribution >= 0.6 is 15.9 Å². The average Bonchev–Trinajstić information content (AvgIpc) is 2.88. The summed E-state index contributed by atoms with van der Waals surface area (Å²) in [5.41, 5.74) is 1.25. The van der Waals surface area contributed by atoms with Gasteiger partial charge in [0.25, 0.3) is 0 Å². The summed E-state index contributed by atoms with van der Waals surface area (Å²) >= 11 is 3.33. The molecule has 2 heterocycles. The first-order valence-electron chi connectivity index (χ1n) is 5.47. The van der Waals surface area contributed by atoms with Crippen molar-refractivity contribution in [3.8, 4) is 0 Å². The Labute approximate surface area is 113 Å². The summed E-state index contributed by atoms with van der Waals surface area (Å²) in [6.07, 6.45) is 5.05. The molecule has 0 amide bonds. The fourth-order valence-corrected chi connectivity index (χ4v) is 1.94. The Kier molecular flexibility index (Phi) is 3.81. The van der Waals surface area contributed by atoms with E-state index in [-0.39, 0.29) is 5.97 Å². The van der Waals surface area contributed by atoms with Crippen molar-refractivity contribution in [2.24, 2.45) is 7.05 Å². The van der Waals surface area contributed by atoms with E-state index < -0.39 is 0 Å². The van der Waals surface area contributed by atoms with Gasteiger partial charge in [-0.1, -0.05) is 0 Å². The van der Waals surface area contributed by atoms with Crippen molar-refractivity contribution in [1.82, 2.24) is 19.6 Å². The van der Waals surface area contributed by atoms with Gasteiger partial charge >= 0.3 is 5.97 Å². The monoisotopic (exact) mass is 312 g/mol. The molecule has 0 N–H and O–H groups in total. The Morgan fingerprint density at radius 3 is 2.83 bits per heavy atom. The van der Waals surface area contributed by atoms with Crippen LogP contribution in [0.5, 0.6) is 0 Å². The molecule has 7 heteroatoms. The van der Waals surface area contributed by atoms with Crippen molar-refractivity contribution in [2.75, 3.05) is 6.61 Å². The summed E-state index contributed by atoms with van der Waals surface area (Å²) in [6.45, 7) is 2.59. The zero-order valence-corrected chi connectivity index (χ0v) is 11.7. The van der Waals surface area contributed by atoms with E-state index in [1.54, 1.807) is 29.5 Å². The second kappa shape index (κ2) is 5.34. The number of carbonyl (C=O) groups is 1. The normalized spacial score (nSPS) is 10.6. The number of halogens is 1. The summed E-state index contributed by atoms with van der Waals surface area (Å²) in [5, 5.41) is 8.24. The molecule has 0 aromatic carbocycles. The fourth-order valence-electron chi connectivity index (χ4n) is 1.61. The minimum absolute atomic E-state index is 0.348. The molecule has 18 heavy (non-hydrogen) atoms. The van der Waals surface area contributed by atoms with Crippen LogP contribution in [-0.4, -0.2) is 32.1 Å². The lowest BCUT2D eigenvalue weighted by Crippen LogP contribution is -2.12. The maximum Gasteiger partial charge on any atom is 0.341 e. The van der Waals surface area contributed by atoms with Crippen LogP contribution in [0.1, 0.15) is 23.0 Å². The molecule has 96 valence electrons. The molecule has 0 aliphatic carbocycles.